The number of hydrogen-bond acceptors (Lipinski definition) is 5. The van der Waals surface area contributed by atoms with E-state index < -0.39 is 29.7 Å². The van der Waals surface area contributed by atoms with Gasteiger partial charge < -0.3 is 19.7 Å². The molecule has 0 unspecified atom stereocenters. The second-order valence-corrected chi connectivity index (χ2v) is 7.13. The molecule has 30 heavy (non-hydrogen) atoms. The summed E-state index contributed by atoms with van der Waals surface area (Å²) in [6.07, 6.45) is -1.19. The van der Waals surface area contributed by atoms with Gasteiger partial charge in [0.1, 0.15) is 11.6 Å². The first kappa shape index (κ1) is 21.3. The van der Waals surface area contributed by atoms with Gasteiger partial charge in [-0.25, -0.2) is 4.39 Å². The highest BCUT2D eigenvalue weighted by atomic mass is 19.1. The third-order valence-corrected chi connectivity index (χ3v) is 4.88. The molecule has 1 aliphatic heterocycles. The maximum atomic E-state index is 14.0. The Kier molecular flexibility index (Phi) is 6.34. The van der Waals surface area contributed by atoms with Crippen LogP contribution in [0.5, 0.6) is 5.75 Å². The van der Waals surface area contributed by atoms with Gasteiger partial charge in [-0.15, -0.1) is 0 Å². The number of carbonyl (C=O) groups is 3. The van der Waals surface area contributed by atoms with Crippen LogP contribution in [0.2, 0.25) is 0 Å². The molecule has 0 aliphatic carbocycles. The molecule has 0 bridgehead atoms. The van der Waals surface area contributed by atoms with Crippen molar-refractivity contribution in [1.29, 1.82) is 0 Å². The van der Waals surface area contributed by atoms with Crippen LogP contribution in [0.25, 0.3) is 0 Å². The molecule has 1 N–H and O–H groups in total. The molecule has 1 aliphatic rings. The van der Waals surface area contributed by atoms with Gasteiger partial charge >= 0.3 is 5.97 Å². The Morgan fingerprint density at radius 1 is 1.23 bits per heavy atom. The van der Waals surface area contributed by atoms with E-state index in [1.807, 2.05) is 13.0 Å². The monoisotopic (exact) mass is 414 g/mol. The van der Waals surface area contributed by atoms with Gasteiger partial charge in [0.15, 0.2) is 6.10 Å². The van der Waals surface area contributed by atoms with Crippen LogP contribution in [0, 0.1) is 18.7 Å². The summed E-state index contributed by atoms with van der Waals surface area (Å²) in [4.78, 5) is 38.5. The zero-order chi connectivity index (χ0) is 21.8. The molecule has 1 heterocycles. The van der Waals surface area contributed by atoms with Gasteiger partial charge in [0.05, 0.1) is 24.4 Å². The van der Waals surface area contributed by atoms with Crippen molar-refractivity contribution >= 4 is 29.2 Å². The number of halogens is 1. The summed E-state index contributed by atoms with van der Waals surface area (Å²) < 4.78 is 24.5. The van der Waals surface area contributed by atoms with Crippen LogP contribution in [-0.2, 0) is 19.1 Å². The third-order valence-electron chi connectivity index (χ3n) is 4.88. The van der Waals surface area contributed by atoms with E-state index in [0.717, 1.165) is 5.56 Å². The summed E-state index contributed by atoms with van der Waals surface area (Å²) >= 11 is 0. The number of anilines is 2. The largest absolute Gasteiger partial charge is 0.495 e. The summed E-state index contributed by atoms with van der Waals surface area (Å²) in [6.45, 7) is 3.32. The molecule has 1 fully saturated rings. The summed E-state index contributed by atoms with van der Waals surface area (Å²) in [6, 6.07) is 11.2. The van der Waals surface area contributed by atoms with Crippen LogP contribution in [0.3, 0.4) is 0 Å². The van der Waals surface area contributed by atoms with E-state index in [1.165, 1.54) is 37.1 Å². The van der Waals surface area contributed by atoms with Crippen LogP contribution in [-0.4, -0.2) is 37.5 Å². The third kappa shape index (κ3) is 4.59. The van der Waals surface area contributed by atoms with Crippen molar-refractivity contribution in [3.63, 3.8) is 0 Å². The lowest BCUT2D eigenvalue weighted by atomic mass is 10.1. The van der Waals surface area contributed by atoms with Gasteiger partial charge in [-0.2, -0.15) is 0 Å². The summed E-state index contributed by atoms with van der Waals surface area (Å²) in [7, 11) is 1.49. The molecule has 8 heteroatoms. The van der Waals surface area contributed by atoms with E-state index in [-0.39, 0.29) is 24.6 Å². The molecule has 0 radical (unpaired) electrons. The molecule has 158 valence electrons. The van der Waals surface area contributed by atoms with Crippen LogP contribution in [0.4, 0.5) is 15.8 Å². The Labute approximate surface area is 173 Å². The van der Waals surface area contributed by atoms with E-state index in [9.17, 15) is 18.8 Å². The highest BCUT2D eigenvalue weighted by Gasteiger charge is 2.38. The molecule has 3 rings (SSSR count). The van der Waals surface area contributed by atoms with Gasteiger partial charge in [-0.1, -0.05) is 18.2 Å². The minimum Gasteiger partial charge on any atom is -0.495 e. The minimum absolute atomic E-state index is 0.00135. The average molecular weight is 414 g/mol. The molecule has 0 spiro atoms. The van der Waals surface area contributed by atoms with Gasteiger partial charge in [-0.3, -0.25) is 14.4 Å². The van der Waals surface area contributed by atoms with E-state index in [0.29, 0.717) is 11.4 Å². The lowest BCUT2D eigenvalue weighted by molar-refractivity contribution is -0.157. The van der Waals surface area contributed by atoms with E-state index in [4.69, 9.17) is 9.47 Å². The SMILES string of the molecule is COc1ccc(C)cc1NC(=O)[C@@H](C)OC(=O)[C@H]1CC(=O)N(c2ccccc2F)C1. The predicted molar refractivity (Wildman–Crippen MR) is 109 cm³/mol. The Bertz CT molecular complexity index is 978. The Hall–Kier alpha value is -3.42. The molecule has 1 saturated heterocycles. The molecule has 0 aromatic heterocycles. The Balaban J connectivity index is 1.62. The first-order valence-corrected chi connectivity index (χ1v) is 9.51. The number of para-hydroxylation sites is 1. The standard InChI is InChI=1S/C22H23FN2O5/c1-13-8-9-19(29-3)17(10-13)24-21(27)14(2)30-22(28)15-11-20(26)25(12-15)18-7-5-4-6-16(18)23/h4-10,14-15H,11-12H2,1-3H3,(H,24,27)/t14-,15+/m1/s1. The maximum Gasteiger partial charge on any atom is 0.312 e. The number of amides is 2. The first-order valence-electron chi connectivity index (χ1n) is 9.51. The zero-order valence-corrected chi connectivity index (χ0v) is 17.0. The quantitative estimate of drug-likeness (QED) is 0.735. The molecular formula is C22H23FN2O5. The smallest absolute Gasteiger partial charge is 0.312 e. The number of aryl methyl sites for hydroxylation is 1. The number of methoxy groups -OCH3 is 1. The number of nitrogens with one attached hydrogen (secondary N) is 1. The second kappa shape index (κ2) is 8.94. The minimum atomic E-state index is -1.08. The van der Waals surface area contributed by atoms with Gasteiger partial charge in [0, 0.05) is 13.0 Å². The fourth-order valence-corrected chi connectivity index (χ4v) is 3.25. The maximum absolute atomic E-state index is 14.0. The predicted octanol–water partition coefficient (Wildman–Crippen LogP) is 3.07. The number of hydrogen-bond donors (Lipinski definition) is 1. The van der Waals surface area contributed by atoms with Crippen molar-refractivity contribution in [2.45, 2.75) is 26.4 Å². The first-order chi connectivity index (χ1) is 14.3. The Morgan fingerprint density at radius 3 is 2.67 bits per heavy atom. The lowest BCUT2D eigenvalue weighted by Crippen LogP contribution is -2.33. The number of ether oxygens (including phenoxy) is 2. The second-order valence-electron chi connectivity index (χ2n) is 7.13. The van der Waals surface area contributed by atoms with Crippen LogP contribution in [0.1, 0.15) is 18.9 Å². The lowest BCUT2D eigenvalue weighted by Gasteiger charge is -2.19. The number of nitrogens with zero attached hydrogens (tertiary/aromatic N) is 1. The van der Waals surface area contributed by atoms with Gasteiger partial charge in [0.25, 0.3) is 5.91 Å². The van der Waals surface area contributed by atoms with Crippen molar-refractivity contribution in [2.75, 3.05) is 23.9 Å². The van der Waals surface area contributed by atoms with Crippen molar-refractivity contribution in [3.8, 4) is 5.75 Å². The van der Waals surface area contributed by atoms with Crippen LogP contribution < -0.4 is 15.0 Å². The molecule has 2 amide bonds. The van der Waals surface area contributed by atoms with E-state index in [1.54, 1.807) is 18.2 Å². The van der Waals surface area contributed by atoms with Gasteiger partial charge in [-0.05, 0) is 43.7 Å². The molecule has 0 saturated carbocycles. The van der Waals surface area contributed by atoms with Gasteiger partial charge in [0.2, 0.25) is 5.91 Å². The van der Waals surface area contributed by atoms with Crippen molar-refractivity contribution in [3.05, 3.63) is 53.8 Å². The zero-order valence-electron chi connectivity index (χ0n) is 17.0. The fourth-order valence-electron chi connectivity index (χ4n) is 3.25. The molecular weight excluding hydrogens is 391 g/mol. The van der Waals surface area contributed by atoms with Crippen molar-refractivity contribution in [2.24, 2.45) is 5.92 Å². The van der Waals surface area contributed by atoms with Crippen LogP contribution in [0.15, 0.2) is 42.5 Å². The topological polar surface area (TPSA) is 84.9 Å². The normalized spacial score (nSPS) is 16.9. The fraction of sp³-hybridized carbons (Fsp3) is 0.318. The van der Waals surface area contributed by atoms with E-state index >= 15 is 0 Å². The Morgan fingerprint density at radius 2 is 1.97 bits per heavy atom. The van der Waals surface area contributed by atoms with Crippen LogP contribution >= 0.6 is 0 Å². The number of esters is 1. The molecule has 2 aromatic carbocycles. The molecule has 7 nitrogen and oxygen atoms in total. The number of rotatable bonds is 6. The summed E-state index contributed by atoms with van der Waals surface area (Å²) in [5, 5.41) is 2.68. The average Bonchev–Trinajstić information content (AvgIpc) is 3.10. The number of carbonyl (C=O) groups excluding carboxylic acids is 3. The van der Waals surface area contributed by atoms with E-state index in [2.05, 4.69) is 5.32 Å². The highest BCUT2D eigenvalue weighted by Crippen LogP contribution is 2.29. The molecule has 2 atom stereocenters. The molecule has 2 aromatic rings. The number of benzene rings is 2. The van der Waals surface area contributed by atoms with Crippen molar-refractivity contribution in [1.82, 2.24) is 0 Å². The highest BCUT2D eigenvalue weighted by molar-refractivity contribution is 6.00. The van der Waals surface area contributed by atoms with Crippen molar-refractivity contribution < 1.29 is 28.2 Å². The summed E-state index contributed by atoms with van der Waals surface area (Å²) in [5.41, 5.74) is 1.51. The summed E-state index contributed by atoms with van der Waals surface area (Å²) in [5.74, 6) is -2.41.